The summed E-state index contributed by atoms with van der Waals surface area (Å²) < 4.78 is 44.2. The lowest BCUT2D eigenvalue weighted by molar-refractivity contribution is -0.144. The van der Waals surface area contributed by atoms with E-state index in [0.29, 0.717) is 0 Å². The molecule has 0 aliphatic carbocycles. The van der Waals surface area contributed by atoms with E-state index >= 15 is 0 Å². The Morgan fingerprint density at radius 1 is 1.32 bits per heavy atom. The molecule has 1 aromatic heterocycles. The summed E-state index contributed by atoms with van der Waals surface area (Å²) in [5.74, 6) is -1.33. The van der Waals surface area contributed by atoms with E-state index in [0.717, 1.165) is 28.8 Å². The van der Waals surface area contributed by atoms with Gasteiger partial charge in [-0.25, -0.2) is 4.79 Å². The van der Waals surface area contributed by atoms with Crippen LogP contribution in [-0.4, -0.2) is 32.2 Å². The molecule has 0 spiro atoms. The number of thioether (sulfide) groups is 1. The van der Waals surface area contributed by atoms with Gasteiger partial charge in [-0.15, -0.1) is 0 Å². The maximum Gasteiger partial charge on any atom is 0.416 e. The van der Waals surface area contributed by atoms with E-state index in [1.807, 2.05) is 0 Å². The summed E-state index contributed by atoms with van der Waals surface area (Å²) in [7, 11) is 0. The van der Waals surface area contributed by atoms with Gasteiger partial charge in [0.15, 0.2) is 0 Å². The van der Waals surface area contributed by atoms with E-state index in [-0.39, 0.29) is 26.3 Å². The largest absolute Gasteiger partial charge is 0.480 e. The van der Waals surface area contributed by atoms with Gasteiger partial charge in [-0.1, -0.05) is 36.1 Å². The molecule has 0 radical (unpaired) electrons. The molecule has 1 N–H and O–H groups in total. The summed E-state index contributed by atoms with van der Waals surface area (Å²) in [6.45, 7) is 1.34. The number of aliphatic carboxylic acids is 1. The highest BCUT2D eigenvalue weighted by Gasteiger charge is 2.38. The van der Waals surface area contributed by atoms with Crippen LogP contribution in [0.1, 0.15) is 18.2 Å². The van der Waals surface area contributed by atoms with Gasteiger partial charge in [-0.3, -0.25) is 9.69 Å². The molecule has 1 fully saturated rings. The number of nitrogens with zero attached hydrogens (tertiary/aromatic N) is 1. The highest BCUT2D eigenvalue weighted by atomic mass is 32.2. The van der Waals surface area contributed by atoms with Crippen molar-refractivity contribution in [2.75, 3.05) is 0 Å². The number of rotatable bonds is 4. The Bertz CT molecular complexity index is 997. The van der Waals surface area contributed by atoms with Gasteiger partial charge in [-0.05, 0) is 31.2 Å². The van der Waals surface area contributed by atoms with Crippen molar-refractivity contribution < 1.29 is 32.3 Å². The Kier molecular flexibility index (Phi) is 5.35. The molecule has 2 aromatic rings. The zero-order chi connectivity index (χ0) is 20.6. The van der Waals surface area contributed by atoms with Crippen LogP contribution in [-0.2, 0) is 15.8 Å². The number of carbonyl (C=O) groups is 2. The molecule has 1 aliphatic rings. The van der Waals surface area contributed by atoms with Crippen LogP contribution in [0.25, 0.3) is 17.4 Å². The second-order valence-corrected chi connectivity index (χ2v) is 7.52. The molecule has 1 unspecified atom stereocenters. The van der Waals surface area contributed by atoms with E-state index < -0.39 is 29.7 Å². The van der Waals surface area contributed by atoms with Crippen molar-refractivity contribution in [3.8, 4) is 11.3 Å². The molecule has 3 rings (SSSR count). The molecular weight excluding hydrogens is 415 g/mol. The van der Waals surface area contributed by atoms with Crippen molar-refractivity contribution in [2.24, 2.45) is 0 Å². The summed E-state index contributed by atoms with van der Waals surface area (Å²) >= 11 is 5.99. The Hall–Kier alpha value is -2.59. The molecule has 10 heteroatoms. The first-order valence-electron chi connectivity index (χ1n) is 7.85. The minimum atomic E-state index is -4.47. The number of furan rings is 1. The van der Waals surface area contributed by atoms with Gasteiger partial charge >= 0.3 is 12.1 Å². The van der Waals surface area contributed by atoms with E-state index in [1.54, 1.807) is 0 Å². The van der Waals surface area contributed by atoms with E-state index in [2.05, 4.69) is 0 Å². The Morgan fingerprint density at radius 3 is 2.68 bits per heavy atom. The van der Waals surface area contributed by atoms with Crippen molar-refractivity contribution in [1.82, 2.24) is 4.90 Å². The normalized spacial score (nSPS) is 17.4. The summed E-state index contributed by atoms with van der Waals surface area (Å²) in [6, 6.07) is 6.56. The van der Waals surface area contributed by atoms with Crippen LogP contribution < -0.4 is 0 Å². The molecule has 1 aromatic carbocycles. The number of carboxylic acids is 1. The van der Waals surface area contributed by atoms with Crippen molar-refractivity contribution in [1.29, 1.82) is 0 Å². The van der Waals surface area contributed by atoms with E-state index in [1.165, 1.54) is 37.3 Å². The fraction of sp³-hybridized carbons (Fsp3) is 0.167. The predicted molar refractivity (Wildman–Crippen MR) is 101 cm³/mol. The van der Waals surface area contributed by atoms with Crippen molar-refractivity contribution in [3.05, 3.63) is 52.6 Å². The summed E-state index contributed by atoms with van der Waals surface area (Å²) in [6.07, 6.45) is -3.09. The van der Waals surface area contributed by atoms with Crippen molar-refractivity contribution in [3.63, 3.8) is 0 Å². The number of alkyl halides is 3. The second kappa shape index (κ2) is 7.44. The SMILES string of the molecule is CC(C(=O)O)N1C(=O)/C(=C/c2ccc(-c3cccc(C(F)(F)F)c3)o2)SC1=S. The Labute approximate surface area is 166 Å². The lowest BCUT2D eigenvalue weighted by atomic mass is 10.1. The standard InChI is InChI=1S/C18H12F3NO4S2/c1-9(16(24)25)22-15(23)14(28-17(22)27)8-12-5-6-13(26-12)10-3-2-4-11(7-10)18(19,20)21/h2-9H,1H3,(H,24,25)/b14-8-. The maximum atomic E-state index is 12.9. The number of hydrogen-bond acceptors (Lipinski definition) is 5. The van der Waals surface area contributed by atoms with Crippen LogP contribution in [0.5, 0.6) is 0 Å². The number of hydrogen-bond donors (Lipinski definition) is 1. The van der Waals surface area contributed by atoms with Crippen LogP contribution in [0.4, 0.5) is 13.2 Å². The molecule has 2 heterocycles. The van der Waals surface area contributed by atoms with Crippen LogP contribution in [0.15, 0.2) is 45.7 Å². The molecule has 0 bridgehead atoms. The molecule has 1 aliphatic heterocycles. The molecule has 1 amide bonds. The number of carbonyl (C=O) groups excluding carboxylic acids is 1. The van der Waals surface area contributed by atoms with Gasteiger partial charge in [0.2, 0.25) is 0 Å². The number of carboxylic acid groups (broad SMARTS) is 1. The quantitative estimate of drug-likeness (QED) is 0.566. The number of halogens is 3. The van der Waals surface area contributed by atoms with Crippen LogP contribution >= 0.6 is 24.0 Å². The third-order valence-electron chi connectivity index (χ3n) is 3.94. The first-order valence-corrected chi connectivity index (χ1v) is 9.08. The lowest BCUT2D eigenvalue weighted by Crippen LogP contribution is -2.41. The average molecular weight is 427 g/mol. The number of benzene rings is 1. The first-order chi connectivity index (χ1) is 13.1. The third-order valence-corrected chi connectivity index (χ3v) is 5.27. The molecule has 146 valence electrons. The number of thiocarbonyl (C=S) groups is 1. The van der Waals surface area contributed by atoms with Gasteiger partial charge in [0.25, 0.3) is 5.91 Å². The number of amides is 1. The fourth-order valence-corrected chi connectivity index (χ4v) is 3.89. The highest BCUT2D eigenvalue weighted by molar-refractivity contribution is 8.26. The minimum absolute atomic E-state index is 0.107. The Morgan fingerprint density at radius 2 is 2.04 bits per heavy atom. The van der Waals surface area contributed by atoms with Gasteiger partial charge in [0.05, 0.1) is 10.5 Å². The predicted octanol–water partition coefficient (Wildman–Crippen LogP) is 4.64. The third kappa shape index (κ3) is 3.97. The van der Waals surface area contributed by atoms with Gasteiger partial charge in [-0.2, -0.15) is 13.2 Å². The molecule has 5 nitrogen and oxygen atoms in total. The zero-order valence-electron chi connectivity index (χ0n) is 14.2. The summed E-state index contributed by atoms with van der Waals surface area (Å²) in [4.78, 5) is 24.7. The maximum absolute atomic E-state index is 12.9. The van der Waals surface area contributed by atoms with Crippen LogP contribution in [0, 0.1) is 0 Å². The minimum Gasteiger partial charge on any atom is -0.480 e. The van der Waals surface area contributed by atoms with Gasteiger partial charge in [0.1, 0.15) is 21.9 Å². The molecule has 28 heavy (non-hydrogen) atoms. The highest BCUT2D eigenvalue weighted by Crippen LogP contribution is 2.36. The second-order valence-electron chi connectivity index (χ2n) is 5.85. The van der Waals surface area contributed by atoms with Crippen LogP contribution in [0.3, 0.4) is 0 Å². The topological polar surface area (TPSA) is 70.8 Å². The molecular formula is C18H12F3NO4S2. The lowest BCUT2D eigenvalue weighted by Gasteiger charge is -2.18. The fourth-order valence-electron chi connectivity index (χ4n) is 2.49. The average Bonchev–Trinajstić information content (AvgIpc) is 3.19. The monoisotopic (exact) mass is 427 g/mol. The smallest absolute Gasteiger partial charge is 0.416 e. The zero-order valence-corrected chi connectivity index (χ0v) is 15.8. The molecule has 0 saturated carbocycles. The Balaban J connectivity index is 1.87. The van der Waals surface area contributed by atoms with Gasteiger partial charge in [0, 0.05) is 11.6 Å². The summed E-state index contributed by atoms with van der Waals surface area (Å²) in [5, 5.41) is 9.08. The van der Waals surface area contributed by atoms with Gasteiger partial charge < -0.3 is 9.52 Å². The summed E-state index contributed by atoms with van der Waals surface area (Å²) in [5.41, 5.74) is -0.562. The van der Waals surface area contributed by atoms with E-state index in [4.69, 9.17) is 21.7 Å². The molecule has 1 saturated heterocycles. The van der Waals surface area contributed by atoms with Crippen LogP contribution in [0.2, 0.25) is 0 Å². The molecule has 1 atom stereocenters. The first kappa shape index (κ1) is 20.2. The van der Waals surface area contributed by atoms with Crippen molar-refractivity contribution in [2.45, 2.75) is 19.1 Å². The van der Waals surface area contributed by atoms with Crippen molar-refractivity contribution >= 4 is 46.3 Å². The van der Waals surface area contributed by atoms with E-state index in [9.17, 15) is 22.8 Å².